The van der Waals surface area contributed by atoms with E-state index < -0.39 is 0 Å². The highest BCUT2D eigenvalue weighted by molar-refractivity contribution is 4.60. The molecule has 0 radical (unpaired) electrons. The first-order valence-electron chi connectivity index (χ1n) is 4.11. The summed E-state index contributed by atoms with van der Waals surface area (Å²) in [6.45, 7) is 7.87. The van der Waals surface area contributed by atoms with Crippen LogP contribution in [0.25, 0.3) is 0 Å². The Hall–Kier alpha value is -0.460. The molecule has 0 aliphatic rings. The number of unbranched alkanes of at least 4 members (excludes halogenated alkanes) is 1. The normalized spacial score (nSPS) is 12.6. The molecule has 0 amide bonds. The van der Waals surface area contributed by atoms with Crippen LogP contribution in [0.3, 0.4) is 0 Å². The summed E-state index contributed by atoms with van der Waals surface area (Å²) in [6, 6.07) is 0. The van der Waals surface area contributed by atoms with Crippen LogP contribution in [0.15, 0.2) is 12.8 Å². The van der Waals surface area contributed by atoms with E-state index in [9.17, 15) is 0 Å². The Balaban J connectivity index is 3.29. The van der Waals surface area contributed by atoms with Crippen LogP contribution in [0, 0.1) is 0 Å². The molecule has 1 atom stereocenters. The largest absolute Gasteiger partial charge is 0.499 e. The van der Waals surface area contributed by atoms with Crippen LogP contribution < -0.4 is 0 Å². The second-order valence-electron chi connectivity index (χ2n) is 2.48. The van der Waals surface area contributed by atoms with Gasteiger partial charge in [0.2, 0.25) is 0 Å². The summed E-state index contributed by atoms with van der Waals surface area (Å²) >= 11 is 0. The Morgan fingerprint density at radius 1 is 1.50 bits per heavy atom. The third kappa shape index (κ3) is 4.42. The predicted molar refractivity (Wildman–Crippen MR) is 44.9 cm³/mol. The molecule has 0 rings (SSSR count). The molecule has 10 heavy (non-hydrogen) atoms. The lowest BCUT2D eigenvalue weighted by molar-refractivity contribution is 0.130. The molecule has 0 aromatic heterocycles. The molecule has 0 spiro atoms. The van der Waals surface area contributed by atoms with Gasteiger partial charge in [0.05, 0.1) is 12.4 Å². The smallest absolute Gasteiger partial charge is 0.0975 e. The van der Waals surface area contributed by atoms with Gasteiger partial charge in [0.25, 0.3) is 0 Å². The Morgan fingerprint density at radius 2 is 2.20 bits per heavy atom. The third-order valence-corrected chi connectivity index (χ3v) is 1.62. The zero-order chi connectivity index (χ0) is 7.82. The lowest BCUT2D eigenvalue weighted by Crippen LogP contribution is -2.07. The van der Waals surface area contributed by atoms with Crippen molar-refractivity contribution in [1.29, 1.82) is 0 Å². The van der Waals surface area contributed by atoms with Crippen LogP contribution in [0.1, 0.15) is 39.5 Å². The Kier molecular flexibility index (Phi) is 6.35. The van der Waals surface area contributed by atoms with E-state index in [0.29, 0.717) is 6.10 Å². The van der Waals surface area contributed by atoms with E-state index in [2.05, 4.69) is 20.4 Å². The molecule has 0 bridgehead atoms. The van der Waals surface area contributed by atoms with Gasteiger partial charge in [-0.2, -0.15) is 0 Å². The zero-order valence-electron chi connectivity index (χ0n) is 7.10. The molecular formula is C9H18O. The first kappa shape index (κ1) is 9.54. The van der Waals surface area contributed by atoms with E-state index in [-0.39, 0.29) is 0 Å². The van der Waals surface area contributed by atoms with Crippen LogP contribution in [-0.4, -0.2) is 6.10 Å². The molecule has 0 aromatic carbocycles. The molecule has 0 fully saturated rings. The van der Waals surface area contributed by atoms with Crippen molar-refractivity contribution in [2.24, 2.45) is 0 Å². The van der Waals surface area contributed by atoms with Crippen LogP contribution in [0.2, 0.25) is 0 Å². The summed E-state index contributed by atoms with van der Waals surface area (Å²) in [5, 5.41) is 0. The van der Waals surface area contributed by atoms with Crippen molar-refractivity contribution in [1.82, 2.24) is 0 Å². The maximum absolute atomic E-state index is 5.26. The van der Waals surface area contributed by atoms with Crippen molar-refractivity contribution >= 4 is 0 Å². The van der Waals surface area contributed by atoms with Crippen molar-refractivity contribution in [2.45, 2.75) is 45.6 Å². The highest BCUT2D eigenvalue weighted by Gasteiger charge is 2.02. The summed E-state index contributed by atoms with van der Waals surface area (Å²) in [6.07, 6.45) is 6.70. The van der Waals surface area contributed by atoms with E-state index in [0.717, 1.165) is 6.42 Å². The molecule has 0 heterocycles. The summed E-state index contributed by atoms with van der Waals surface area (Å²) in [5.41, 5.74) is 0. The van der Waals surface area contributed by atoms with Gasteiger partial charge in [-0.1, -0.05) is 33.3 Å². The van der Waals surface area contributed by atoms with Crippen molar-refractivity contribution in [3.05, 3.63) is 12.8 Å². The molecule has 60 valence electrons. The Bertz CT molecular complexity index is 78.8. The number of hydrogen-bond acceptors (Lipinski definition) is 1. The molecule has 1 nitrogen and oxygen atoms in total. The molecule has 0 aliphatic heterocycles. The van der Waals surface area contributed by atoms with Crippen LogP contribution in [-0.2, 0) is 4.74 Å². The summed E-state index contributed by atoms with van der Waals surface area (Å²) in [5.74, 6) is 0. The highest BCUT2D eigenvalue weighted by atomic mass is 16.5. The van der Waals surface area contributed by atoms with Gasteiger partial charge >= 0.3 is 0 Å². The average molecular weight is 142 g/mol. The molecule has 0 saturated heterocycles. The van der Waals surface area contributed by atoms with E-state index in [1.807, 2.05) is 0 Å². The van der Waals surface area contributed by atoms with Crippen LogP contribution in [0.5, 0.6) is 0 Å². The molecule has 1 heteroatoms. The first-order valence-corrected chi connectivity index (χ1v) is 4.11. The maximum Gasteiger partial charge on any atom is 0.0975 e. The van der Waals surface area contributed by atoms with Crippen molar-refractivity contribution in [3.8, 4) is 0 Å². The lowest BCUT2D eigenvalue weighted by atomic mass is 10.1. The highest BCUT2D eigenvalue weighted by Crippen LogP contribution is 2.07. The predicted octanol–water partition coefficient (Wildman–Crippen LogP) is 3.12. The van der Waals surface area contributed by atoms with Gasteiger partial charge in [-0.15, -0.1) is 0 Å². The van der Waals surface area contributed by atoms with Crippen molar-refractivity contribution in [2.75, 3.05) is 0 Å². The fourth-order valence-corrected chi connectivity index (χ4v) is 0.936. The second kappa shape index (κ2) is 6.66. The standard InChI is InChI=1S/C9H18O/c1-4-7-8-9(5-2)10-6-3/h6,9H,3-5,7-8H2,1-2H3. The van der Waals surface area contributed by atoms with E-state index in [1.165, 1.54) is 19.3 Å². The fraction of sp³-hybridized carbons (Fsp3) is 0.778. The quantitative estimate of drug-likeness (QED) is 0.518. The van der Waals surface area contributed by atoms with Gasteiger partial charge in [0, 0.05) is 0 Å². The lowest BCUT2D eigenvalue weighted by Gasteiger charge is -2.12. The topological polar surface area (TPSA) is 9.23 Å². The summed E-state index contributed by atoms with van der Waals surface area (Å²) in [4.78, 5) is 0. The number of rotatable bonds is 6. The fourth-order valence-electron chi connectivity index (χ4n) is 0.936. The third-order valence-electron chi connectivity index (χ3n) is 1.62. The minimum Gasteiger partial charge on any atom is -0.499 e. The molecular weight excluding hydrogens is 124 g/mol. The second-order valence-corrected chi connectivity index (χ2v) is 2.48. The van der Waals surface area contributed by atoms with Gasteiger partial charge in [0.1, 0.15) is 0 Å². The molecule has 0 aromatic rings. The maximum atomic E-state index is 5.26. The molecule has 0 N–H and O–H groups in total. The van der Waals surface area contributed by atoms with Gasteiger partial charge in [-0.25, -0.2) is 0 Å². The number of hydrogen-bond donors (Lipinski definition) is 0. The summed E-state index contributed by atoms with van der Waals surface area (Å²) < 4.78 is 5.26. The van der Waals surface area contributed by atoms with Gasteiger partial charge < -0.3 is 4.74 Å². The van der Waals surface area contributed by atoms with E-state index in [1.54, 1.807) is 6.26 Å². The minimum absolute atomic E-state index is 0.400. The zero-order valence-corrected chi connectivity index (χ0v) is 7.10. The van der Waals surface area contributed by atoms with Gasteiger partial charge in [-0.3, -0.25) is 0 Å². The Morgan fingerprint density at radius 3 is 2.60 bits per heavy atom. The monoisotopic (exact) mass is 142 g/mol. The average Bonchev–Trinajstić information content (AvgIpc) is 1.98. The van der Waals surface area contributed by atoms with Crippen molar-refractivity contribution < 1.29 is 4.74 Å². The van der Waals surface area contributed by atoms with Crippen LogP contribution in [0.4, 0.5) is 0 Å². The van der Waals surface area contributed by atoms with E-state index in [4.69, 9.17) is 4.74 Å². The molecule has 0 aliphatic carbocycles. The van der Waals surface area contributed by atoms with Crippen LogP contribution >= 0.6 is 0 Å². The summed E-state index contributed by atoms with van der Waals surface area (Å²) in [7, 11) is 0. The number of ether oxygens (including phenoxy) is 1. The van der Waals surface area contributed by atoms with Gasteiger partial charge in [0.15, 0.2) is 0 Å². The molecule has 0 saturated carbocycles. The van der Waals surface area contributed by atoms with Crippen molar-refractivity contribution in [3.63, 3.8) is 0 Å². The minimum atomic E-state index is 0.400. The van der Waals surface area contributed by atoms with Gasteiger partial charge in [-0.05, 0) is 12.8 Å². The molecule has 1 unspecified atom stereocenters. The SMILES string of the molecule is C=COC(CC)CCCC. The first-order chi connectivity index (χ1) is 4.85. The van der Waals surface area contributed by atoms with E-state index >= 15 is 0 Å². The Labute approximate surface area is 64.1 Å².